The molecule has 0 aliphatic carbocycles. The van der Waals surface area contributed by atoms with E-state index in [1.807, 2.05) is 0 Å². The first kappa shape index (κ1) is 9.94. The first-order valence-corrected chi connectivity index (χ1v) is 3.55. The van der Waals surface area contributed by atoms with E-state index in [2.05, 4.69) is 10.1 Å². The fraction of sp³-hybridized carbons (Fsp3) is 0.714. The highest BCUT2D eigenvalue weighted by molar-refractivity contribution is 5.92. The Bertz CT molecular complexity index is 154. The van der Waals surface area contributed by atoms with Crippen molar-refractivity contribution in [3.05, 3.63) is 0 Å². The van der Waals surface area contributed by atoms with Gasteiger partial charge in [0.1, 0.15) is 0 Å². The van der Waals surface area contributed by atoms with E-state index in [0.29, 0.717) is 0 Å². The van der Waals surface area contributed by atoms with Crippen LogP contribution in [0.3, 0.4) is 0 Å². The van der Waals surface area contributed by atoms with Crippen LogP contribution in [-0.2, 0) is 9.53 Å². The van der Waals surface area contributed by atoms with Crippen LogP contribution in [0.4, 0.5) is 4.79 Å². The van der Waals surface area contributed by atoms with Crippen LogP contribution in [0, 0.1) is 5.92 Å². The lowest BCUT2D eigenvalue weighted by molar-refractivity contribution is -0.123. The lowest BCUT2D eigenvalue weighted by Crippen LogP contribution is -2.34. The molecule has 0 unspecified atom stereocenters. The molecule has 4 heteroatoms. The molecule has 0 bridgehead atoms. The van der Waals surface area contributed by atoms with Gasteiger partial charge >= 0.3 is 6.09 Å². The molecule has 0 radical (unpaired) electrons. The summed E-state index contributed by atoms with van der Waals surface area (Å²) in [6.07, 6.45) is -0.675. The second kappa shape index (κ2) is 4.71. The molecule has 1 N–H and O–H groups in total. The van der Waals surface area contributed by atoms with Crippen LogP contribution in [0.5, 0.6) is 0 Å². The van der Waals surface area contributed by atoms with E-state index in [0.717, 1.165) is 0 Å². The molecule has 64 valence electrons. The Morgan fingerprint density at radius 1 is 1.45 bits per heavy atom. The zero-order valence-corrected chi connectivity index (χ0v) is 7.01. The number of rotatable bonds is 2. The molecule has 0 aromatic rings. The standard InChI is InChI=1S/C7H13NO3/c1-4-11-7(10)8-6(9)5(2)3/h5H,4H2,1-3H3,(H,8,9,10). The Morgan fingerprint density at radius 3 is 2.36 bits per heavy atom. The van der Waals surface area contributed by atoms with Gasteiger partial charge in [0.2, 0.25) is 5.91 Å². The highest BCUT2D eigenvalue weighted by atomic mass is 16.5. The summed E-state index contributed by atoms with van der Waals surface area (Å²) in [7, 11) is 0. The summed E-state index contributed by atoms with van der Waals surface area (Å²) < 4.78 is 4.49. The maximum atomic E-state index is 10.8. The second-order valence-corrected chi connectivity index (χ2v) is 2.36. The predicted octanol–water partition coefficient (Wildman–Crippen LogP) is 0.915. The van der Waals surface area contributed by atoms with E-state index >= 15 is 0 Å². The van der Waals surface area contributed by atoms with Gasteiger partial charge in [-0.1, -0.05) is 13.8 Å². The van der Waals surface area contributed by atoms with Crippen LogP contribution >= 0.6 is 0 Å². The average molecular weight is 159 g/mol. The molecule has 2 amide bonds. The van der Waals surface area contributed by atoms with Crippen molar-refractivity contribution in [3.63, 3.8) is 0 Å². The number of amides is 2. The third kappa shape index (κ3) is 4.36. The van der Waals surface area contributed by atoms with Crippen molar-refractivity contribution in [2.45, 2.75) is 20.8 Å². The first-order chi connectivity index (χ1) is 5.07. The first-order valence-electron chi connectivity index (χ1n) is 3.55. The van der Waals surface area contributed by atoms with Gasteiger partial charge in [-0.05, 0) is 6.92 Å². The number of nitrogens with one attached hydrogen (secondary N) is 1. The van der Waals surface area contributed by atoms with Gasteiger partial charge < -0.3 is 4.74 Å². The number of hydrogen-bond acceptors (Lipinski definition) is 3. The fourth-order valence-electron chi connectivity index (χ4n) is 0.412. The molecule has 4 nitrogen and oxygen atoms in total. The van der Waals surface area contributed by atoms with Gasteiger partial charge in [-0.3, -0.25) is 10.1 Å². The van der Waals surface area contributed by atoms with E-state index < -0.39 is 6.09 Å². The van der Waals surface area contributed by atoms with Gasteiger partial charge in [0.25, 0.3) is 0 Å². The number of imide groups is 1. The van der Waals surface area contributed by atoms with Gasteiger partial charge in [-0.15, -0.1) is 0 Å². The summed E-state index contributed by atoms with van der Waals surface area (Å²) >= 11 is 0. The lowest BCUT2D eigenvalue weighted by atomic mass is 10.2. The Balaban J connectivity index is 3.67. The van der Waals surface area contributed by atoms with Crippen molar-refractivity contribution in [2.75, 3.05) is 6.61 Å². The Hall–Kier alpha value is -1.06. The quantitative estimate of drug-likeness (QED) is 0.651. The molecule has 0 saturated heterocycles. The third-order valence-electron chi connectivity index (χ3n) is 1.03. The van der Waals surface area contributed by atoms with Crippen molar-refractivity contribution in [1.82, 2.24) is 5.32 Å². The number of ether oxygens (including phenoxy) is 1. The SMILES string of the molecule is CCOC(=O)NC(=O)C(C)C. The Morgan fingerprint density at radius 2 is 2.00 bits per heavy atom. The number of carbonyl (C=O) groups is 2. The zero-order chi connectivity index (χ0) is 8.85. The lowest BCUT2D eigenvalue weighted by Gasteiger charge is -2.05. The fourth-order valence-corrected chi connectivity index (χ4v) is 0.412. The molecule has 0 aliphatic rings. The van der Waals surface area contributed by atoms with Crippen LogP contribution in [0.2, 0.25) is 0 Å². The third-order valence-corrected chi connectivity index (χ3v) is 1.03. The molecular formula is C7H13NO3. The summed E-state index contributed by atoms with van der Waals surface area (Å²) in [6.45, 7) is 5.36. The van der Waals surface area contributed by atoms with Crippen LogP contribution in [0.25, 0.3) is 0 Å². The van der Waals surface area contributed by atoms with E-state index in [1.54, 1.807) is 20.8 Å². The molecule has 11 heavy (non-hydrogen) atoms. The van der Waals surface area contributed by atoms with Crippen molar-refractivity contribution < 1.29 is 14.3 Å². The van der Waals surface area contributed by atoms with Crippen molar-refractivity contribution >= 4 is 12.0 Å². The van der Waals surface area contributed by atoms with E-state index in [4.69, 9.17) is 0 Å². The molecule has 0 fully saturated rings. The van der Waals surface area contributed by atoms with E-state index in [1.165, 1.54) is 0 Å². The topological polar surface area (TPSA) is 55.4 Å². The van der Waals surface area contributed by atoms with E-state index in [-0.39, 0.29) is 18.4 Å². The highest BCUT2D eigenvalue weighted by Crippen LogP contribution is 1.90. The summed E-state index contributed by atoms with van der Waals surface area (Å²) in [5.74, 6) is -0.511. The average Bonchev–Trinajstić information content (AvgIpc) is 1.87. The highest BCUT2D eigenvalue weighted by Gasteiger charge is 2.10. The minimum atomic E-state index is -0.675. The summed E-state index contributed by atoms with van der Waals surface area (Å²) in [4.78, 5) is 21.4. The van der Waals surface area contributed by atoms with Crippen LogP contribution in [0.15, 0.2) is 0 Å². The molecule has 0 aromatic carbocycles. The molecule has 0 heterocycles. The van der Waals surface area contributed by atoms with Crippen LogP contribution in [-0.4, -0.2) is 18.6 Å². The molecule has 0 aliphatic heterocycles. The minimum absolute atomic E-state index is 0.195. The van der Waals surface area contributed by atoms with Gasteiger partial charge in [0.05, 0.1) is 6.61 Å². The second-order valence-electron chi connectivity index (χ2n) is 2.36. The van der Waals surface area contributed by atoms with Gasteiger partial charge in [0, 0.05) is 5.92 Å². The number of alkyl carbamates (subject to hydrolysis) is 1. The Kier molecular flexibility index (Phi) is 4.26. The van der Waals surface area contributed by atoms with E-state index in [9.17, 15) is 9.59 Å². The monoisotopic (exact) mass is 159 g/mol. The van der Waals surface area contributed by atoms with Gasteiger partial charge in [-0.25, -0.2) is 4.79 Å². The van der Waals surface area contributed by atoms with Crippen molar-refractivity contribution in [3.8, 4) is 0 Å². The molecule has 0 aromatic heterocycles. The minimum Gasteiger partial charge on any atom is -0.450 e. The van der Waals surface area contributed by atoms with Crippen LogP contribution < -0.4 is 5.32 Å². The largest absolute Gasteiger partial charge is 0.450 e. The van der Waals surface area contributed by atoms with Crippen molar-refractivity contribution in [1.29, 1.82) is 0 Å². The maximum absolute atomic E-state index is 10.8. The molecule has 0 saturated carbocycles. The van der Waals surface area contributed by atoms with Crippen molar-refractivity contribution in [2.24, 2.45) is 5.92 Å². The molecular weight excluding hydrogens is 146 g/mol. The Labute approximate surface area is 65.9 Å². The van der Waals surface area contributed by atoms with Crippen LogP contribution in [0.1, 0.15) is 20.8 Å². The molecule has 0 atom stereocenters. The predicted molar refractivity (Wildman–Crippen MR) is 40.0 cm³/mol. The summed E-state index contributed by atoms with van der Waals surface area (Å²) in [5.41, 5.74) is 0. The molecule has 0 rings (SSSR count). The van der Waals surface area contributed by atoms with Gasteiger partial charge in [0.15, 0.2) is 0 Å². The normalized spacial score (nSPS) is 9.45. The van der Waals surface area contributed by atoms with Gasteiger partial charge in [-0.2, -0.15) is 0 Å². The zero-order valence-electron chi connectivity index (χ0n) is 7.01. The number of hydrogen-bond donors (Lipinski definition) is 1. The molecule has 0 spiro atoms. The summed E-state index contributed by atoms with van der Waals surface area (Å²) in [6, 6.07) is 0. The number of carbonyl (C=O) groups excluding carboxylic acids is 2. The maximum Gasteiger partial charge on any atom is 0.413 e. The summed E-state index contributed by atoms with van der Waals surface area (Å²) in [5, 5.41) is 2.08. The smallest absolute Gasteiger partial charge is 0.413 e.